The van der Waals surface area contributed by atoms with Crippen molar-refractivity contribution < 1.29 is 4.74 Å². The van der Waals surface area contributed by atoms with Crippen molar-refractivity contribution in [2.45, 2.75) is 6.92 Å². The molecule has 0 spiro atoms. The first kappa shape index (κ1) is 9.89. The smallest absolute Gasteiger partial charge is 0.0768 e. The molecular formula is C8H16N2OS. The lowest BCUT2D eigenvalue weighted by Gasteiger charge is -2.28. The molecule has 0 aromatic carbocycles. The van der Waals surface area contributed by atoms with Gasteiger partial charge in [-0.15, -0.1) is 0 Å². The summed E-state index contributed by atoms with van der Waals surface area (Å²) in [5.74, 6) is 0.318. The zero-order valence-electron chi connectivity index (χ0n) is 7.45. The molecule has 0 bridgehead atoms. The first-order valence-corrected chi connectivity index (χ1v) is 4.70. The summed E-state index contributed by atoms with van der Waals surface area (Å²) >= 11 is 4.91. The second-order valence-electron chi connectivity index (χ2n) is 3.22. The summed E-state index contributed by atoms with van der Waals surface area (Å²) in [6, 6.07) is 0. The van der Waals surface area contributed by atoms with E-state index in [0.29, 0.717) is 10.9 Å². The Labute approximate surface area is 78.9 Å². The number of hydrogen-bond acceptors (Lipinski definition) is 3. The predicted octanol–water partition coefficient (Wildman–Crippen LogP) is 0.241. The minimum absolute atomic E-state index is 0.318. The second kappa shape index (κ2) is 4.74. The molecule has 1 saturated heterocycles. The Hall–Kier alpha value is -0.190. The molecule has 0 amide bonds. The monoisotopic (exact) mass is 188 g/mol. The van der Waals surface area contributed by atoms with Crippen LogP contribution in [0, 0.1) is 5.92 Å². The van der Waals surface area contributed by atoms with E-state index in [1.807, 2.05) is 0 Å². The van der Waals surface area contributed by atoms with Gasteiger partial charge in [-0.25, -0.2) is 0 Å². The van der Waals surface area contributed by atoms with Crippen LogP contribution in [0.2, 0.25) is 0 Å². The lowest BCUT2D eigenvalue weighted by molar-refractivity contribution is 0.0352. The lowest BCUT2D eigenvalue weighted by Crippen LogP contribution is -2.41. The highest BCUT2D eigenvalue weighted by molar-refractivity contribution is 7.80. The zero-order chi connectivity index (χ0) is 8.97. The summed E-state index contributed by atoms with van der Waals surface area (Å²) in [5, 5.41) is 0. The molecule has 3 nitrogen and oxygen atoms in total. The normalized spacial score (nSPS) is 22.1. The Balaban J connectivity index is 2.24. The molecule has 0 radical (unpaired) electrons. The number of rotatable bonds is 3. The van der Waals surface area contributed by atoms with E-state index in [0.717, 1.165) is 32.8 Å². The quantitative estimate of drug-likeness (QED) is 0.644. The summed E-state index contributed by atoms with van der Waals surface area (Å²) in [6.45, 7) is 6.73. The summed E-state index contributed by atoms with van der Waals surface area (Å²) in [6.07, 6.45) is 0. The number of morpholine rings is 1. The first-order valence-electron chi connectivity index (χ1n) is 4.29. The molecule has 70 valence electrons. The Bertz CT molecular complexity index is 157. The first-order chi connectivity index (χ1) is 5.70. The zero-order valence-corrected chi connectivity index (χ0v) is 8.27. The molecule has 1 aliphatic rings. The average Bonchev–Trinajstić information content (AvgIpc) is 2.06. The van der Waals surface area contributed by atoms with Crippen LogP contribution >= 0.6 is 12.2 Å². The molecule has 0 aromatic rings. The van der Waals surface area contributed by atoms with Crippen molar-refractivity contribution in [2.75, 3.05) is 32.8 Å². The van der Waals surface area contributed by atoms with Gasteiger partial charge in [0.05, 0.1) is 18.2 Å². The van der Waals surface area contributed by atoms with Crippen LogP contribution < -0.4 is 5.73 Å². The van der Waals surface area contributed by atoms with E-state index in [2.05, 4.69) is 11.8 Å². The fraction of sp³-hybridized carbons (Fsp3) is 0.875. The van der Waals surface area contributed by atoms with Crippen LogP contribution in [0.5, 0.6) is 0 Å². The van der Waals surface area contributed by atoms with Crippen LogP contribution in [-0.2, 0) is 4.74 Å². The second-order valence-corrected chi connectivity index (χ2v) is 3.69. The van der Waals surface area contributed by atoms with Gasteiger partial charge in [0.2, 0.25) is 0 Å². The van der Waals surface area contributed by atoms with Crippen molar-refractivity contribution >= 4 is 17.2 Å². The maximum atomic E-state index is 5.53. The van der Waals surface area contributed by atoms with Crippen LogP contribution in [0.4, 0.5) is 0 Å². The van der Waals surface area contributed by atoms with Gasteiger partial charge in [0.1, 0.15) is 0 Å². The van der Waals surface area contributed by atoms with Crippen molar-refractivity contribution in [3.8, 4) is 0 Å². The number of hydrogen-bond donors (Lipinski definition) is 1. The van der Waals surface area contributed by atoms with Gasteiger partial charge in [0.25, 0.3) is 0 Å². The number of ether oxygens (including phenoxy) is 1. The van der Waals surface area contributed by atoms with Crippen LogP contribution in [-0.4, -0.2) is 42.7 Å². The molecule has 1 atom stereocenters. The Kier molecular flexibility index (Phi) is 3.91. The van der Waals surface area contributed by atoms with E-state index < -0.39 is 0 Å². The highest BCUT2D eigenvalue weighted by atomic mass is 32.1. The minimum atomic E-state index is 0.318. The molecule has 0 aliphatic carbocycles. The van der Waals surface area contributed by atoms with Gasteiger partial charge >= 0.3 is 0 Å². The molecule has 0 saturated carbocycles. The summed E-state index contributed by atoms with van der Waals surface area (Å²) in [7, 11) is 0. The SMILES string of the molecule is CC(CN1CCOCC1)C(N)=S. The predicted molar refractivity (Wildman–Crippen MR) is 53.2 cm³/mol. The van der Waals surface area contributed by atoms with Gasteiger partial charge in [-0.2, -0.15) is 0 Å². The number of thiocarbonyl (C=S) groups is 1. The van der Waals surface area contributed by atoms with E-state index in [4.69, 9.17) is 22.7 Å². The van der Waals surface area contributed by atoms with E-state index in [1.54, 1.807) is 0 Å². The number of nitrogens with two attached hydrogens (primary N) is 1. The van der Waals surface area contributed by atoms with Gasteiger partial charge in [-0.3, -0.25) is 4.90 Å². The fourth-order valence-electron chi connectivity index (χ4n) is 1.26. The lowest BCUT2D eigenvalue weighted by atomic mass is 10.1. The standard InChI is InChI=1S/C8H16N2OS/c1-7(8(9)12)6-10-2-4-11-5-3-10/h7H,2-6H2,1H3,(H2,9,12). The minimum Gasteiger partial charge on any atom is -0.393 e. The van der Waals surface area contributed by atoms with E-state index >= 15 is 0 Å². The molecular weight excluding hydrogens is 172 g/mol. The highest BCUT2D eigenvalue weighted by Gasteiger charge is 2.14. The molecule has 12 heavy (non-hydrogen) atoms. The molecule has 4 heteroatoms. The Morgan fingerprint density at radius 2 is 2.17 bits per heavy atom. The van der Waals surface area contributed by atoms with Gasteiger partial charge < -0.3 is 10.5 Å². The third kappa shape index (κ3) is 3.05. The Morgan fingerprint density at radius 1 is 1.58 bits per heavy atom. The van der Waals surface area contributed by atoms with Crippen LogP contribution in [0.25, 0.3) is 0 Å². The summed E-state index contributed by atoms with van der Waals surface area (Å²) in [5.41, 5.74) is 5.53. The highest BCUT2D eigenvalue weighted by Crippen LogP contribution is 2.03. The molecule has 0 aromatic heterocycles. The maximum absolute atomic E-state index is 5.53. The third-order valence-electron chi connectivity index (χ3n) is 2.12. The topological polar surface area (TPSA) is 38.5 Å². The number of nitrogens with zero attached hydrogens (tertiary/aromatic N) is 1. The van der Waals surface area contributed by atoms with Crippen molar-refractivity contribution in [1.82, 2.24) is 4.90 Å². The maximum Gasteiger partial charge on any atom is 0.0768 e. The van der Waals surface area contributed by atoms with Crippen molar-refractivity contribution in [3.05, 3.63) is 0 Å². The van der Waals surface area contributed by atoms with Gasteiger partial charge in [0.15, 0.2) is 0 Å². The summed E-state index contributed by atoms with van der Waals surface area (Å²) < 4.78 is 5.24. The molecule has 1 rings (SSSR count). The van der Waals surface area contributed by atoms with Crippen molar-refractivity contribution in [1.29, 1.82) is 0 Å². The summed E-state index contributed by atoms with van der Waals surface area (Å²) in [4.78, 5) is 2.95. The molecule has 1 fully saturated rings. The van der Waals surface area contributed by atoms with E-state index in [9.17, 15) is 0 Å². The van der Waals surface area contributed by atoms with Crippen molar-refractivity contribution in [2.24, 2.45) is 11.7 Å². The van der Waals surface area contributed by atoms with E-state index in [1.165, 1.54) is 0 Å². The van der Waals surface area contributed by atoms with Crippen LogP contribution in [0.3, 0.4) is 0 Å². The van der Waals surface area contributed by atoms with Gasteiger partial charge in [0, 0.05) is 25.6 Å². The molecule has 2 N–H and O–H groups in total. The van der Waals surface area contributed by atoms with Gasteiger partial charge in [-0.1, -0.05) is 19.1 Å². The third-order valence-corrected chi connectivity index (χ3v) is 2.52. The van der Waals surface area contributed by atoms with Gasteiger partial charge in [-0.05, 0) is 0 Å². The Morgan fingerprint density at radius 3 is 2.67 bits per heavy atom. The van der Waals surface area contributed by atoms with E-state index in [-0.39, 0.29) is 0 Å². The van der Waals surface area contributed by atoms with Crippen LogP contribution in [0.15, 0.2) is 0 Å². The van der Waals surface area contributed by atoms with Crippen LogP contribution in [0.1, 0.15) is 6.92 Å². The molecule has 1 aliphatic heterocycles. The molecule has 1 heterocycles. The molecule has 1 unspecified atom stereocenters. The van der Waals surface area contributed by atoms with Crippen molar-refractivity contribution in [3.63, 3.8) is 0 Å². The largest absolute Gasteiger partial charge is 0.393 e. The fourth-order valence-corrected chi connectivity index (χ4v) is 1.34. The average molecular weight is 188 g/mol.